The molecule has 1 fully saturated rings. The predicted octanol–water partition coefficient (Wildman–Crippen LogP) is 5.08. The van der Waals surface area contributed by atoms with Gasteiger partial charge in [0.2, 0.25) is 0 Å². The summed E-state index contributed by atoms with van der Waals surface area (Å²) in [5, 5.41) is 19.7. The van der Waals surface area contributed by atoms with Crippen LogP contribution < -0.4 is 0 Å². The Labute approximate surface area is 199 Å². The zero-order valence-corrected chi connectivity index (χ0v) is 18.9. The molecule has 34 heavy (non-hydrogen) atoms. The van der Waals surface area contributed by atoms with E-state index in [0.717, 1.165) is 49.3 Å². The Hall–Kier alpha value is -3.64. The average Bonchev–Trinajstić information content (AvgIpc) is 3.29. The van der Waals surface area contributed by atoms with Gasteiger partial charge >= 0.3 is 6.09 Å². The number of rotatable bonds is 6. The molecule has 3 aromatic rings. The van der Waals surface area contributed by atoms with Crippen LogP contribution in [-0.2, 0) is 11.3 Å². The number of nitrogens with zero attached hydrogens (tertiary/aromatic N) is 2. The maximum Gasteiger partial charge on any atom is 0.434 e. The number of hydrogen-bond donors (Lipinski definition) is 2. The number of benzene rings is 3. The third-order valence-corrected chi connectivity index (χ3v) is 6.85. The van der Waals surface area contributed by atoms with Crippen LogP contribution in [0.5, 0.6) is 11.5 Å². The standard InChI is InChI=1S/C28H28N2O4/c31-23-9-5-20(6-10-23)27(21-7-11-24(32)12-8-21)25-4-2-1-3-22(25)17-30-15-13-19(14-16-30)26-18-34-28(33)29-26/h1-12,19,27,31-32H,13-18H2. The first kappa shape index (κ1) is 22.2. The van der Waals surface area contributed by atoms with Crippen LogP contribution in [0, 0.1) is 5.92 Å². The van der Waals surface area contributed by atoms with Crippen LogP contribution in [0.25, 0.3) is 0 Å². The molecular weight excluding hydrogens is 428 g/mol. The van der Waals surface area contributed by atoms with Crippen LogP contribution in [0.1, 0.15) is 41.0 Å². The topological polar surface area (TPSA) is 82.4 Å². The van der Waals surface area contributed by atoms with Crippen molar-refractivity contribution in [3.63, 3.8) is 0 Å². The van der Waals surface area contributed by atoms with Crippen molar-refractivity contribution in [2.45, 2.75) is 25.3 Å². The van der Waals surface area contributed by atoms with E-state index in [1.54, 1.807) is 24.3 Å². The van der Waals surface area contributed by atoms with E-state index < -0.39 is 6.09 Å². The summed E-state index contributed by atoms with van der Waals surface area (Å²) in [4.78, 5) is 17.8. The molecule has 3 aromatic carbocycles. The lowest BCUT2D eigenvalue weighted by molar-refractivity contribution is 0.178. The molecule has 6 heteroatoms. The maximum atomic E-state index is 11.3. The fraction of sp³-hybridized carbons (Fsp3) is 0.286. The van der Waals surface area contributed by atoms with Crippen molar-refractivity contribution in [1.29, 1.82) is 0 Å². The van der Waals surface area contributed by atoms with Gasteiger partial charge in [-0.05, 0) is 72.5 Å². The second-order valence-electron chi connectivity index (χ2n) is 9.02. The van der Waals surface area contributed by atoms with Crippen molar-refractivity contribution in [3.8, 4) is 11.5 Å². The predicted molar refractivity (Wildman–Crippen MR) is 130 cm³/mol. The molecule has 6 nitrogen and oxygen atoms in total. The number of phenolic OH excluding ortho intramolecular Hbond substituents is 2. The number of aliphatic imine (C=N–C) groups is 1. The second-order valence-corrected chi connectivity index (χ2v) is 9.02. The van der Waals surface area contributed by atoms with E-state index in [1.807, 2.05) is 24.3 Å². The molecule has 2 aliphatic rings. The Kier molecular flexibility index (Phi) is 6.32. The van der Waals surface area contributed by atoms with Crippen LogP contribution in [0.3, 0.4) is 0 Å². The summed E-state index contributed by atoms with van der Waals surface area (Å²) in [7, 11) is 0. The fourth-order valence-corrected chi connectivity index (χ4v) is 5.04. The Balaban J connectivity index is 1.40. The number of carbonyl (C=O) groups excluding carboxylic acids is 1. The van der Waals surface area contributed by atoms with Gasteiger partial charge in [0.05, 0.1) is 5.71 Å². The van der Waals surface area contributed by atoms with Gasteiger partial charge in [-0.1, -0.05) is 48.5 Å². The van der Waals surface area contributed by atoms with Crippen LogP contribution in [0.15, 0.2) is 77.8 Å². The number of likely N-dealkylation sites (tertiary alicyclic amines) is 1. The first-order valence-corrected chi connectivity index (χ1v) is 11.7. The Bertz CT molecular complexity index is 1130. The molecular formula is C28H28N2O4. The minimum Gasteiger partial charge on any atom is -0.508 e. The van der Waals surface area contributed by atoms with E-state index in [9.17, 15) is 15.0 Å². The molecule has 2 aliphatic heterocycles. The smallest absolute Gasteiger partial charge is 0.434 e. The highest BCUT2D eigenvalue weighted by molar-refractivity contribution is 6.00. The third-order valence-electron chi connectivity index (χ3n) is 6.85. The first-order valence-electron chi connectivity index (χ1n) is 11.7. The highest BCUT2D eigenvalue weighted by Crippen LogP contribution is 2.36. The van der Waals surface area contributed by atoms with E-state index in [4.69, 9.17) is 4.74 Å². The molecule has 0 atom stereocenters. The lowest BCUT2D eigenvalue weighted by Crippen LogP contribution is -2.36. The number of ether oxygens (including phenoxy) is 1. The molecule has 0 saturated carbocycles. The molecule has 0 aromatic heterocycles. The van der Waals surface area contributed by atoms with Crippen LogP contribution in [-0.4, -0.2) is 46.6 Å². The van der Waals surface area contributed by atoms with E-state index >= 15 is 0 Å². The van der Waals surface area contributed by atoms with Gasteiger partial charge < -0.3 is 14.9 Å². The second kappa shape index (κ2) is 9.69. The highest BCUT2D eigenvalue weighted by Gasteiger charge is 2.28. The first-order chi connectivity index (χ1) is 16.6. The monoisotopic (exact) mass is 456 g/mol. The molecule has 174 valence electrons. The van der Waals surface area contributed by atoms with E-state index in [0.29, 0.717) is 12.5 Å². The minimum absolute atomic E-state index is 0.0223. The van der Waals surface area contributed by atoms with Gasteiger partial charge in [-0.3, -0.25) is 4.90 Å². The summed E-state index contributed by atoms with van der Waals surface area (Å²) < 4.78 is 4.99. The number of piperidine rings is 1. The Morgan fingerprint density at radius 2 is 1.47 bits per heavy atom. The number of carbonyl (C=O) groups is 1. The molecule has 0 unspecified atom stereocenters. The third kappa shape index (κ3) is 4.82. The normalized spacial score (nSPS) is 17.1. The molecule has 0 aliphatic carbocycles. The number of cyclic esters (lactones) is 1. The van der Waals surface area contributed by atoms with E-state index in [1.165, 1.54) is 11.1 Å². The van der Waals surface area contributed by atoms with Crippen LogP contribution in [0.2, 0.25) is 0 Å². The highest BCUT2D eigenvalue weighted by atomic mass is 16.6. The minimum atomic E-state index is -0.458. The summed E-state index contributed by atoms with van der Waals surface area (Å²) >= 11 is 0. The van der Waals surface area contributed by atoms with Crippen molar-refractivity contribution >= 4 is 11.8 Å². The zero-order valence-electron chi connectivity index (χ0n) is 18.9. The van der Waals surface area contributed by atoms with Crippen molar-refractivity contribution in [2.24, 2.45) is 10.9 Å². The van der Waals surface area contributed by atoms with Gasteiger partial charge in [0.25, 0.3) is 0 Å². The largest absolute Gasteiger partial charge is 0.508 e. The summed E-state index contributed by atoms with van der Waals surface area (Å²) in [5.41, 5.74) is 5.52. The number of aromatic hydroxyl groups is 2. The summed E-state index contributed by atoms with van der Waals surface area (Å²) in [6, 6.07) is 23.2. The zero-order chi connectivity index (χ0) is 23.5. The summed E-state index contributed by atoms with van der Waals surface area (Å²) in [6.07, 6.45) is 1.48. The SMILES string of the molecule is O=C1N=C(C2CCN(Cc3ccccc3C(c3ccc(O)cc3)c3ccc(O)cc3)CC2)CO1. The van der Waals surface area contributed by atoms with E-state index in [2.05, 4.69) is 34.2 Å². The summed E-state index contributed by atoms with van der Waals surface area (Å²) in [5.74, 6) is 0.775. The molecule has 0 bridgehead atoms. The maximum absolute atomic E-state index is 11.3. The Morgan fingerprint density at radius 1 is 0.882 bits per heavy atom. The molecule has 2 heterocycles. The summed E-state index contributed by atoms with van der Waals surface area (Å²) in [6.45, 7) is 3.05. The van der Waals surface area contributed by atoms with Gasteiger partial charge in [-0.25, -0.2) is 4.79 Å². The van der Waals surface area contributed by atoms with Crippen molar-refractivity contribution in [2.75, 3.05) is 19.7 Å². The lowest BCUT2D eigenvalue weighted by Gasteiger charge is -2.33. The molecule has 2 N–H and O–H groups in total. The van der Waals surface area contributed by atoms with Gasteiger partial charge in [-0.15, -0.1) is 0 Å². The Morgan fingerprint density at radius 3 is 2.03 bits per heavy atom. The van der Waals surface area contributed by atoms with Crippen molar-refractivity contribution in [1.82, 2.24) is 4.90 Å². The molecule has 0 spiro atoms. The molecule has 0 radical (unpaired) electrons. The molecule has 5 rings (SSSR count). The molecule has 1 saturated heterocycles. The number of phenols is 2. The van der Waals surface area contributed by atoms with Gasteiger partial charge in [0, 0.05) is 18.4 Å². The van der Waals surface area contributed by atoms with Gasteiger partial charge in [0.15, 0.2) is 0 Å². The quantitative estimate of drug-likeness (QED) is 0.506. The van der Waals surface area contributed by atoms with Crippen LogP contribution in [0.4, 0.5) is 4.79 Å². The van der Waals surface area contributed by atoms with E-state index in [-0.39, 0.29) is 17.4 Å². The lowest BCUT2D eigenvalue weighted by atomic mass is 9.82. The fourth-order valence-electron chi connectivity index (χ4n) is 5.04. The van der Waals surface area contributed by atoms with Crippen LogP contribution >= 0.6 is 0 Å². The van der Waals surface area contributed by atoms with Gasteiger partial charge in [0.1, 0.15) is 18.1 Å². The average molecular weight is 457 g/mol. The van der Waals surface area contributed by atoms with Gasteiger partial charge in [-0.2, -0.15) is 4.99 Å². The number of amides is 1. The number of hydrogen-bond acceptors (Lipinski definition) is 5. The van der Waals surface area contributed by atoms with Crippen molar-refractivity contribution < 1.29 is 19.7 Å². The molecule has 1 amide bonds. The van der Waals surface area contributed by atoms with Crippen molar-refractivity contribution in [3.05, 3.63) is 95.1 Å².